The van der Waals surface area contributed by atoms with E-state index in [2.05, 4.69) is 5.32 Å². The molecule has 2 aliphatic rings. The third kappa shape index (κ3) is 2.93. The van der Waals surface area contributed by atoms with Gasteiger partial charge in [0.05, 0.1) is 4.88 Å². The third-order valence-corrected chi connectivity index (χ3v) is 4.69. The van der Waals surface area contributed by atoms with E-state index in [0.29, 0.717) is 6.04 Å². The summed E-state index contributed by atoms with van der Waals surface area (Å²) in [6, 6.07) is 4.38. The first-order valence-corrected chi connectivity index (χ1v) is 7.77. The molecule has 1 aliphatic heterocycles. The minimum Gasteiger partial charge on any atom is -0.336 e. The van der Waals surface area contributed by atoms with Gasteiger partial charge in [0, 0.05) is 19.1 Å². The molecule has 98 valence electrons. The molecule has 2 heterocycles. The topological polar surface area (TPSA) is 32.3 Å². The predicted molar refractivity (Wildman–Crippen MR) is 74.0 cm³/mol. The zero-order chi connectivity index (χ0) is 12.4. The Hall–Kier alpha value is -0.870. The lowest BCUT2D eigenvalue weighted by molar-refractivity contribution is 0.0699. The second kappa shape index (κ2) is 5.41. The van der Waals surface area contributed by atoms with E-state index in [9.17, 15) is 4.79 Å². The summed E-state index contributed by atoms with van der Waals surface area (Å²) in [5, 5.41) is 5.60. The van der Waals surface area contributed by atoms with Crippen molar-refractivity contribution in [3.8, 4) is 0 Å². The lowest BCUT2D eigenvalue weighted by Gasteiger charge is -2.33. The highest BCUT2D eigenvalue weighted by molar-refractivity contribution is 7.12. The number of nitrogens with one attached hydrogen (secondary N) is 1. The summed E-state index contributed by atoms with van der Waals surface area (Å²) in [7, 11) is 0. The number of carbonyl (C=O) groups is 1. The van der Waals surface area contributed by atoms with Crippen molar-refractivity contribution in [1.29, 1.82) is 0 Å². The zero-order valence-electron chi connectivity index (χ0n) is 10.6. The van der Waals surface area contributed by atoms with Crippen LogP contribution in [-0.4, -0.2) is 36.5 Å². The van der Waals surface area contributed by atoms with Crippen LogP contribution in [0.1, 0.15) is 35.4 Å². The summed E-state index contributed by atoms with van der Waals surface area (Å²) in [6.07, 6.45) is 5.11. The molecule has 1 saturated heterocycles. The van der Waals surface area contributed by atoms with Crippen molar-refractivity contribution in [1.82, 2.24) is 10.2 Å². The Bertz CT molecular complexity index is 400. The summed E-state index contributed by atoms with van der Waals surface area (Å²) >= 11 is 1.54. The fourth-order valence-electron chi connectivity index (χ4n) is 2.54. The highest BCUT2D eigenvalue weighted by atomic mass is 32.1. The molecule has 1 aromatic heterocycles. The Morgan fingerprint density at radius 2 is 2.33 bits per heavy atom. The van der Waals surface area contributed by atoms with Crippen LogP contribution in [0.4, 0.5) is 0 Å². The molecule has 1 unspecified atom stereocenters. The molecule has 3 rings (SSSR count). The zero-order valence-corrected chi connectivity index (χ0v) is 11.4. The van der Waals surface area contributed by atoms with Gasteiger partial charge in [-0.1, -0.05) is 6.07 Å². The van der Waals surface area contributed by atoms with Gasteiger partial charge in [-0.05, 0) is 49.6 Å². The van der Waals surface area contributed by atoms with Crippen molar-refractivity contribution in [3.05, 3.63) is 22.4 Å². The van der Waals surface area contributed by atoms with Crippen LogP contribution in [0.5, 0.6) is 0 Å². The van der Waals surface area contributed by atoms with Gasteiger partial charge >= 0.3 is 0 Å². The molecule has 1 aromatic rings. The average Bonchev–Trinajstić information content (AvgIpc) is 3.08. The predicted octanol–water partition coefficient (Wildman–Crippen LogP) is 2.35. The Labute approximate surface area is 112 Å². The van der Waals surface area contributed by atoms with E-state index in [4.69, 9.17) is 0 Å². The summed E-state index contributed by atoms with van der Waals surface area (Å²) < 4.78 is 0. The average molecular weight is 264 g/mol. The smallest absolute Gasteiger partial charge is 0.263 e. The molecule has 0 bridgehead atoms. The first-order valence-electron chi connectivity index (χ1n) is 6.89. The highest BCUT2D eigenvalue weighted by Crippen LogP contribution is 2.28. The van der Waals surface area contributed by atoms with Crippen molar-refractivity contribution < 1.29 is 4.79 Å². The van der Waals surface area contributed by atoms with Crippen molar-refractivity contribution in [2.24, 2.45) is 5.92 Å². The second-order valence-corrected chi connectivity index (χ2v) is 6.37. The molecule has 0 spiro atoms. The lowest BCUT2D eigenvalue weighted by atomic mass is 10.1. The van der Waals surface area contributed by atoms with Gasteiger partial charge in [-0.25, -0.2) is 0 Å². The van der Waals surface area contributed by atoms with E-state index in [1.165, 1.54) is 19.3 Å². The molecule has 1 aliphatic carbocycles. The Morgan fingerprint density at radius 3 is 3.06 bits per heavy atom. The maximum Gasteiger partial charge on any atom is 0.263 e. The van der Waals surface area contributed by atoms with Crippen LogP contribution in [-0.2, 0) is 0 Å². The van der Waals surface area contributed by atoms with E-state index in [-0.39, 0.29) is 5.91 Å². The number of hydrogen-bond acceptors (Lipinski definition) is 3. The molecule has 1 N–H and O–H groups in total. The number of amides is 1. The number of carbonyl (C=O) groups excluding carboxylic acids is 1. The SMILES string of the molecule is O=C(c1cccs1)N1CCCC(NCC2CC2)C1. The van der Waals surface area contributed by atoms with E-state index in [1.54, 1.807) is 11.3 Å². The van der Waals surface area contributed by atoms with Gasteiger partial charge < -0.3 is 10.2 Å². The van der Waals surface area contributed by atoms with Gasteiger partial charge in [-0.3, -0.25) is 4.79 Å². The molecule has 0 radical (unpaired) electrons. The molecule has 4 heteroatoms. The monoisotopic (exact) mass is 264 g/mol. The van der Waals surface area contributed by atoms with Gasteiger partial charge in [0.15, 0.2) is 0 Å². The summed E-state index contributed by atoms with van der Waals surface area (Å²) in [5.74, 6) is 1.12. The van der Waals surface area contributed by atoms with Gasteiger partial charge in [0.1, 0.15) is 0 Å². The minimum atomic E-state index is 0.211. The number of rotatable bonds is 4. The van der Waals surface area contributed by atoms with Crippen LogP contribution in [0.2, 0.25) is 0 Å². The van der Waals surface area contributed by atoms with Crippen molar-refractivity contribution >= 4 is 17.2 Å². The number of likely N-dealkylation sites (tertiary alicyclic amines) is 1. The fourth-order valence-corrected chi connectivity index (χ4v) is 3.23. The van der Waals surface area contributed by atoms with Crippen LogP contribution < -0.4 is 5.32 Å². The van der Waals surface area contributed by atoms with Gasteiger partial charge in [-0.2, -0.15) is 0 Å². The van der Waals surface area contributed by atoms with E-state index >= 15 is 0 Å². The van der Waals surface area contributed by atoms with E-state index in [1.807, 2.05) is 22.4 Å². The Kier molecular flexibility index (Phi) is 3.66. The van der Waals surface area contributed by atoms with Crippen LogP contribution in [0.25, 0.3) is 0 Å². The molecule has 3 nitrogen and oxygen atoms in total. The summed E-state index contributed by atoms with van der Waals surface area (Å²) in [4.78, 5) is 15.2. The quantitative estimate of drug-likeness (QED) is 0.905. The van der Waals surface area contributed by atoms with Gasteiger partial charge in [-0.15, -0.1) is 11.3 Å². The van der Waals surface area contributed by atoms with Crippen molar-refractivity contribution in [2.45, 2.75) is 31.7 Å². The van der Waals surface area contributed by atoms with Crippen molar-refractivity contribution in [2.75, 3.05) is 19.6 Å². The Balaban J connectivity index is 1.54. The maximum absolute atomic E-state index is 12.3. The molecular weight excluding hydrogens is 244 g/mol. The summed E-state index contributed by atoms with van der Waals surface area (Å²) in [6.45, 7) is 2.94. The summed E-state index contributed by atoms with van der Waals surface area (Å²) in [5.41, 5.74) is 0. The number of thiophene rings is 1. The first-order chi connectivity index (χ1) is 8.83. The van der Waals surface area contributed by atoms with Crippen LogP contribution in [0.15, 0.2) is 17.5 Å². The maximum atomic E-state index is 12.3. The van der Waals surface area contributed by atoms with Crippen molar-refractivity contribution in [3.63, 3.8) is 0 Å². The minimum absolute atomic E-state index is 0.211. The van der Waals surface area contributed by atoms with Gasteiger partial charge in [0.2, 0.25) is 0 Å². The first kappa shape index (κ1) is 12.2. The van der Waals surface area contributed by atoms with Gasteiger partial charge in [0.25, 0.3) is 5.91 Å². The molecular formula is C14H20N2OS. The van der Waals surface area contributed by atoms with E-state index in [0.717, 1.165) is 36.9 Å². The second-order valence-electron chi connectivity index (χ2n) is 5.42. The molecule has 0 aromatic carbocycles. The fraction of sp³-hybridized carbons (Fsp3) is 0.643. The van der Waals surface area contributed by atoms with Crippen LogP contribution in [0.3, 0.4) is 0 Å². The third-order valence-electron chi connectivity index (χ3n) is 3.83. The van der Waals surface area contributed by atoms with E-state index < -0.39 is 0 Å². The molecule has 1 saturated carbocycles. The molecule has 18 heavy (non-hydrogen) atoms. The highest BCUT2D eigenvalue weighted by Gasteiger charge is 2.27. The standard InChI is InChI=1S/C14H20N2OS/c17-14(13-4-2-8-18-13)16-7-1-3-12(10-16)15-9-11-5-6-11/h2,4,8,11-12,15H,1,3,5-7,9-10H2. The normalized spacial score (nSPS) is 24.2. The molecule has 1 atom stereocenters. The molecule has 1 amide bonds. The number of piperidine rings is 1. The molecule has 2 fully saturated rings. The number of hydrogen-bond donors (Lipinski definition) is 1. The van der Waals surface area contributed by atoms with Crippen LogP contribution in [0, 0.1) is 5.92 Å². The number of nitrogens with zero attached hydrogens (tertiary/aromatic N) is 1. The van der Waals surface area contributed by atoms with Crippen LogP contribution >= 0.6 is 11.3 Å². The Morgan fingerprint density at radius 1 is 1.44 bits per heavy atom. The lowest BCUT2D eigenvalue weighted by Crippen LogP contribution is -2.48. The largest absolute Gasteiger partial charge is 0.336 e.